The van der Waals surface area contributed by atoms with Crippen LogP contribution in [-0.2, 0) is 20.7 Å². The summed E-state index contributed by atoms with van der Waals surface area (Å²) < 4.78 is 18.0. The standard InChI is InChI=1S/C16H18FNO3/c1-3-11(16(20)21-2)8-9-18-14-6-5-13(17)10-12(14)4-7-15(18)19/h5-6,8,10H,3-4,7,9H2,1-2H3. The van der Waals surface area contributed by atoms with Crippen molar-refractivity contribution in [2.24, 2.45) is 0 Å². The number of esters is 1. The lowest BCUT2D eigenvalue weighted by Gasteiger charge is -2.28. The molecule has 1 heterocycles. The molecule has 0 unspecified atom stereocenters. The summed E-state index contributed by atoms with van der Waals surface area (Å²) in [5, 5.41) is 0. The molecule has 1 aliphatic rings. The normalized spacial score (nSPS) is 14.9. The van der Waals surface area contributed by atoms with Gasteiger partial charge in [-0.1, -0.05) is 13.0 Å². The van der Waals surface area contributed by atoms with Gasteiger partial charge < -0.3 is 9.64 Å². The maximum absolute atomic E-state index is 13.3. The molecule has 0 saturated heterocycles. The smallest absolute Gasteiger partial charge is 0.333 e. The van der Waals surface area contributed by atoms with Crippen LogP contribution in [0, 0.1) is 5.82 Å². The van der Waals surface area contributed by atoms with E-state index in [1.165, 1.54) is 19.2 Å². The van der Waals surface area contributed by atoms with Crippen LogP contribution in [0.3, 0.4) is 0 Å². The van der Waals surface area contributed by atoms with E-state index in [9.17, 15) is 14.0 Å². The highest BCUT2D eigenvalue weighted by molar-refractivity contribution is 5.97. The van der Waals surface area contributed by atoms with Gasteiger partial charge in [0.05, 0.1) is 7.11 Å². The SMILES string of the molecule is CCC(=CCN1C(=O)CCc2cc(F)ccc21)C(=O)OC. The van der Waals surface area contributed by atoms with Gasteiger partial charge >= 0.3 is 5.97 Å². The highest BCUT2D eigenvalue weighted by Gasteiger charge is 2.24. The number of amides is 1. The van der Waals surface area contributed by atoms with E-state index in [-0.39, 0.29) is 24.2 Å². The molecular weight excluding hydrogens is 273 g/mol. The molecule has 1 aromatic carbocycles. The largest absolute Gasteiger partial charge is 0.466 e. The predicted octanol–water partition coefficient (Wildman–Crippen LogP) is 2.61. The zero-order valence-electron chi connectivity index (χ0n) is 12.2. The first-order valence-corrected chi connectivity index (χ1v) is 6.93. The topological polar surface area (TPSA) is 46.6 Å². The molecule has 0 atom stereocenters. The molecule has 21 heavy (non-hydrogen) atoms. The molecule has 0 N–H and O–H groups in total. The number of ether oxygens (including phenoxy) is 1. The van der Waals surface area contributed by atoms with E-state index >= 15 is 0 Å². The maximum atomic E-state index is 13.3. The van der Waals surface area contributed by atoms with Gasteiger partial charge in [-0.15, -0.1) is 0 Å². The third kappa shape index (κ3) is 3.29. The minimum Gasteiger partial charge on any atom is -0.466 e. The van der Waals surface area contributed by atoms with Gasteiger partial charge in [0.1, 0.15) is 5.82 Å². The first-order valence-electron chi connectivity index (χ1n) is 6.93. The van der Waals surface area contributed by atoms with E-state index in [1.54, 1.807) is 17.0 Å². The Morgan fingerprint density at radius 2 is 2.19 bits per heavy atom. The summed E-state index contributed by atoms with van der Waals surface area (Å²) in [7, 11) is 1.33. The Morgan fingerprint density at radius 3 is 2.86 bits per heavy atom. The zero-order valence-corrected chi connectivity index (χ0v) is 12.2. The van der Waals surface area contributed by atoms with Crippen molar-refractivity contribution in [2.75, 3.05) is 18.6 Å². The van der Waals surface area contributed by atoms with Crippen LogP contribution in [0.4, 0.5) is 10.1 Å². The maximum Gasteiger partial charge on any atom is 0.333 e. The average molecular weight is 291 g/mol. The Labute approximate surface area is 123 Å². The van der Waals surface area contributed by atoms with E-state index < -0.39 is 0 Å². The van der Waals surface area contributed by atoms with Gasteiger partial charge in [0, 0.05) is 24.2 Å². The zero-order chi connectivity index (χ0) is 15.4. The summed E-state index contributed by atoms with van der Waals surface area (Å²) >= 11 is 0. The Hall–Kier alpha value is -2.17. The predicted molar refractivity (Wildman–Crippen MR) is 77.5 cm³/mol. The molecule has 1 aliphatic heterocycles. The van der Waals surface area contributed by atoms with Crippen LogP contribution in [0.5, 0.6) is 0 Å². The van der Waals surface area contributed by atoms with Crippen molar-refractivity contribution in [3.63, 3.8) is 0 Å². The average Bonchev–Trinajstić information content (AvgIpc) is 2.49. The number of benzene rings is 1. The molecule has 4 nitrogen and oxygen atoms in total. The van der Waals surface area contributed by atoms with Crippen molar-refractivity contribution in [3.05, 3.63) is 41.2 Å². The van der Waals surface area contributed by atoms with Crippen LogP contribution >= 0.6 is 0 Å². The van der Waals surface area contributed by atoms with Crippen LogP contribution in [0.2, 0.25) is 0 Å². The molecule has 1 aromatic rings. The van der Waals surface area contributed by atoms with Gasteiger partial charge in [0.25, 0.3) is 0 Å². The third-order valence-corrected chi connectivity index (χ3v) is 3.59. The minimum absolute atomic E-state index is 0.0225. The van der Waals surface area contributed by atoms with Crippen molar-refractivity contribution in [2.45, 2.75) is 26.2 Å². The van der Waals surface area contributed by atoms with Crippen molar-refractivity contribution < 1.29 is 18.7 Å². The van der Waals surface area contributed by atoms with Gasteiger partial charge in [0.15, 0.2) is 0 Å². The summed E-state index contributed by atoms with van der Waals surface area (Å²) in [5.74, 6) is -0.714. The molecule has 0 aromatic heterocycles. The number of anilines is 1. The molecule has 0 saturated carbocycles. The van der Waals surface area contributed by atoms with E-state index in [2.05, 4.69) is 0 Å². The van der Waals surface area contributed by atoms with Crippen molar-refractivity contribution in [1.82, 2.24) is 0 Å². The molecule has 1 amide bonds. The number of nitrogens with zero attached hydrogens (tertiary/aromatic N) is 1. The van der Waals surface area contributed by atoms with Crippen molar-refractivity contribution >= 4 is 17.6 Å². The number of rotatable bonds is 4. The van der Waals surface area contributed by atoms with Crippen LogP contribution in [0.15, 0.2) is 29.8 Å². The fourth-order valence-electron chi connectivity index (χ4n) is 2.43. The molecule has 0 bridgehead atoms. The number of halogens is 1. The lowest BCUT2D eigenvalue weighted by Crippen LogP contribution is -2.35. The number of carbonyl (C=O) groups is 2. The van der Waals surface area contributed by atoms with E-state index in [4.69, 9.17) is 4.74 Å². The lowest BCUT2D eigenvalue weighted by molar-refractivity contribution is -0.136. The van der Waals surface area contributed by atoms with Crippen LogP contribution in [0.25, 0.3) is 0 Å². The van der Waals surface area contributed by atoms with Gasteiger partial charge in [-0.3, -0.25) is 4.79 Å². The Bertz CT molecular complexity index is 595. The lowest BCUT2D eigenvalue weighted by atomic mass is 10.0. The fourth-order valence-corrected chi connectivity index (χ4v) is 2.43. The van der Waals surface area contributed by atoms with Gasteiger partial charge in [-0.05, 0) is 36.6 Å². The summed E-state index contributed by atoms with van der Waals surface area (Å²) in [5.41, 5.74) is 2.06. The van der Waals surface area contributed by atoms with Gasteiger partial charge in [0.2, 0.25) is 5.91 Å². The first kappa shape index (κ1) is 15.2. The number of hydrogen-bond donors (Lipinski definition) is 0. The van der Waals surface area contributed by atoms with Gasteiger partial charge in [-0.2, -0.15) is 0 Å². The monoisotopic (exact) mass is 291 g/mol. The Balaban J connectivity index is 2.26. The summed E-state index contributed by atoms with van der Waals surface area (Å²) in [4.78, 5) is 25.2. The van der Waals surface area contributed by atoms with Crippen molar-refractivity contribution in [1.29, 1.82) is 0 Å². The highest BCUT2D eigenvalue weighted by Crippen LogP contribution is 2.28. The number of carbonyl (C=O) groups excluding carboxylic acids is 2. The van der Waals surface area contributed by atoms with Crippen LogP contribution < -0.4 is 4.90 Å². The summed E-state index contributed by atoms with van der Waals surface area (Å²) in [6.45, 7) is 2.14. The second kappa shape index (κ2) is 6.52. The summed E-state index contributed by atoms with van der Waals surface area (Å²) in [6, 6.07) is 4.41. The fraction of sp³-hybridized carbons (Fsp3) is 0.375. The number of fused-ring (bicyclic) bond motifs is 1. The molecule has 0 radical (unpaired) electrons. The Morgan fingerprint density at radius 1 is 1.43 bits per heavy atom. The van der Waals surface area contributed by atoms with Crippen LogP contribution in [0.1, 0.15) is 25.3 Å². The molecule has 2 rings (SSSR count). The van der Waals surface area contributed by atoms with Crippen LogP contribution in [-0.4, -0.2) is 25.5 Å². The molecular formula is C16H18FNO3. The summed E-state index contributed by atoms with van der Waals surface area (Å²) in [6.07, 6.45) is 3.13. The quantitative estimate of drug-likeness (QED) is 0.633. The molecule has 5 heteroatoms. The van der Waals surface area contributed by atoms with E-state index in [0.29, 0.717) is 30.5 Å². The number of methoxy groups -OCH3 is 1. The number of aryl methyl sites for hydroxylation is 1. The number of hydrogen-bond acceptors (Lipinski definition) is 3. The molecule has 0 aliphatic carbocycles. The van der Waals surface area contributed by atoms with Gasteiger partial charge in [-0.25, -0.2) is 9.18 Å². The Kier molecular flexibility index (Phi) is 4.73. The molecule has 0 fully saturated rings. The highest BCUT2D eigenvalue weighted by atomic mass is 19.1. The molecule has 0 spiro atoms. The first-order chi connectivity index (χ1) is 10.1. The minimum atomic E-state index is -0.388. The van der Waals surface area contributed by atoms with Crippen molar-refractivity contribution in [3.8, 4) is 0 Å². The van der Waals surface area contributed by atoms with E-state index in [0.717, 1.165) is 5.56 Å². The van der Waals surface area contributed by atoms with E-state index in [1.807, 2.05) is 6.92 Å². The second-order valence-electron chi connectivity index (χ2n) is 4.85. The molecule has 112 valence electrons. The second-order valence-corrected chi connectivity index (χ2v) is 4.85. The third-order valence-electron chi connectivity index (χ3n) is 3.59.